The molecule has 0 amide bonds. The summed E-state index contributed by atoms with van der Waals surface area (Å²) < 4.78 is 0. The molecule has 1 aromatic carbocycles. The molecule has 1 aromatic rings. The molecular weight excluding hydrogens is 156 g/mol. The topological polar surface area (TPSA) is 0 Å². The van der Waals surface area contributed by atoms with Crippen LogP contribution in [0.15, 0.2) is 18.2 Å². The molecule has 0 aromatic heterocycles. The Morgan fingerprint density at radius 1 is 1.30 bits per heavy atom. The van der Waals surface area contributed by atoms with E-state index in [1.54, 1.807) is 0 Å². The molecule has 0 spiro atoms. The zero-order chi connectivity index (χ0) is 5.98. The summed E-state index contributed by atoms with van der Waals surface area (Å²) in [5.41, 5.74) is 2.52. The van der Waals surface area contributed by atoms with Crippen molar-refractivity contribution in [1.82, 2.24) is 0 Å². The van der Waals surface area contributed by atoms with Gasteiger partial charge in [0.15, 0.2) is 0 Å². The van der Waals surface area contributed by atoms with E-state index in [0.717, 1.165) is 0 Å². The summed E-state index contributed by atoms with van der Waals surface area (Å²) in [5.74, 6) is 0. The molecule has 0 aliphatic carbocycles. The third kappa shape index (κ3) is 4.15. The summed E-state index contributed by atoms with van der Waals surface area (Å²) in [6.07, 6.45) is 0. The fourth-order valence-corrected chi connectivity index (χ4v) is 0.736. The van der Waals surface area contributed by atoms with Crippen LogP contribution in [-0.2, 0) is 0 Å². The average Bonchev–Trinajstić information content (AvgIpc) is 1.64. The number of rotatable bonds is 0. The monoisotopic (exact) mass is 164 g/mol. The van der Waals surface area contributed by atoms with Crippen molar-refractivity contribution in [3.63, 3.8) is 0 Å². The molecule has 1 rings (SSSR count). The molecule has 0 fully saturated rings. The molecule has 0 saturated carbocycles. The van der Waals surface area contributed by atoms with E-state index in [4.69, 9.17) is 0 Å². The van der Waals surface area contributed by atoms with Crippen LogP contribution in [0.2, 0.25) is 0 Å². The smallest absolute Gasteiger partial charge is 1.00 e. The molecule has 0 bridgehead atoms. The second-order valence-corrected chi connectivity index (χ2v) is 2.05. The van der Waals surface area contributed by atoms with Gasteiger partial charge < -0.3 is 12.4 Å². The summed E-state index contributed by atoms with van der Waals surface area (Å²) in [6.45, 7) is 4.13. The van der Waals surface area contributed by atoms with E-state index >= 15 is 0 Å². The van der Waals surface area contributed by atoms with Crippen molar-refractivity contribution in [2.75, 3.05) is 0 Å². The van der Waals surface area contributed by atoms with Gasteiger partial charge in [-0.2, -0.15) is 35.4 Å². The molecular formula is C8H9ClMg. The van der Waals surface area contributed by atoms with E-state index in [9.17, 15) is 0 Å². The summed E-state index contributed by atoms with van der Waals surface area (Å²) in [4.78, 5) is 0. The van der Waals surface area contributed by atoms with Gasteiger partial charge in [0.1, 0.15) is 0 Å². The standard InChI is InChI=1S/C8H9.ClH.Mg/c1-7-4-3-5-8(2)6-7;;/h3-4,6H,1-2H3;1H;/q-1;;+2/p-1. The fraction of sp³-hybridized carbons (Fsp3) is 0.250. The van der Waals surface area contributed by atoms with Crippen LogP contribution in [0, 0.1) is 19.9 Å². The molecule has 0 N–H and O–H groups in total. The molecule has 0 saturated heterocycles. The Hall–Kier alpha value is 0.276. The zero-order valence-electron chi connectivity index (χ0n) is 6.32. The maximum absolute atomic E-state index is 3.07. The molecule has 50 valence electrons. The zero-order valence-corrected chi connectivity index (χ0v) is 8.49. The van der Waals surface area contributed by atoms with Crippen LogP contribution >= 0.6 is 0 Å². The maximum atomic E-state index is 3.07. The molecule has 2 heteroatoms. The van der Waals surface area contributed by atoms with E-state index in [1.165, 1.54) is 11.1 Å². The second-order valence-electron chi connectivity index (χ2n) is 2.05. The first-order valence-electron chi connectivity index (χ1n) is 2.74. The summed E-state index contributed by atoms with van der Waals surface area (Å²) in [5, 5.41) is 0. The third-order valence-corrected chi connectivity index (χ3v) is 1.10. The molecule has 10 heavy (non-hydrogen) atoms. The Balaban J connectivity index is 0. The second kappa shape index (κ2) is 6.02. The van der Waals surface area contributed by atoms with Crippen molar-refractivity contribution in [2.24, 2.45) is 0 Å². The molecule has 0 aliphatic rings. The van der Waals surface area contributed by atoms with Crippen molar-refractivity contribution in [1.29, 1.82) is 0 Å². The van der Waals surface area contributed by atoms with Crippen LogP contribution in [0.25, 0.3) is 0 Å². The Morgan fingerprint density at radius 3 is 2.20 bits per heavy atom. The Morgan fingerprint density at radius 2 is 1.90 bits per heavy atom. The van der Waals surface area contributed by atoms with E-state index in [1.807, 2.05) is 19.1 Å². The van der Waals surface area contributed by atoms with Gasteiger partial charge in [-0.25, -0.2) is 0 Å². The van der Waals surface area contributed by atoms with Crippen LogP contribution in [-0.4, -0.2) is 23.1 Å². The van der Waals surface area contributed by atoms with Crippen molar-refractivity contribution >= 4 is 23.1 Å². The number of hydrogen-bond donors (Lipinski definition) is 0. The van der Waals surface area contributed by atoms with Gasteiger partial charge in [0.2, 0.25) is 0 Å². The number of hydrogen-bond acceptors (Lipinski definition) is 0. The normalized spacial score (nSPS) is 7.40. The van der Waals surface area contributed by atoms with Gasteiger partial charge >= 0.3 is 23.1 Å². The molecule has 0 nitrogen and oxygen atoms in total. The van der Waals surface area contributed by atoms with Crippen molar-refractivity contribution < 1.29 is 12.4 Å². The van der Waals surface area contributed by atoms with Crippen LogP contribution < -0.4 is 12.4 Å². The van der Waals surface area contributed by atoms with E-state index in [0.29, 0.717) is 0 Å². The summed E-state index contributed by atoms with van der Waals surface area (Å²) in [7, 11) is 0. The first-order chi connectivity index (χ1) is 3.79. The van der Waals surface area contributed by atoms with Gasteiger partial charge in [-0.05, 0) is 0 Å². The van der Waals surface area contributed by atoms with E-state index < -0.39 is 0 Å². The average molecular weight is 165 g/mol. The van der Waals surface area contributed by atoms with E-state index in [2.05, 4.69) is 19.1 Å². The predicted molar refractivity (Wildman–Crippen MR) is 40.5 cm³/mol. The predicted octanol–water partition coefficient (Wildman–Crippen LogP) is -1.27. The first-order valence-corrected chi connectivity index (χ1v) is 2.74. The number of halogens is 1. The molecule has 0 radical (unpaired) electrons. The Kier molecular flexibility index (Phi) is 7.77. The minimum Gasteiger partial charge on any atom is -1.00 e. The van der Waals surface area contributed by atoms with E-state index in [-0.39, 0.29) is 35.5 Å². The van der Waals surface area contributed by atoms with Gasteiger partial charge in [0.05, 0.1) is 0 Å². The molecule has 0 heterocycles. The van der Waals surface area contributed by atoms with Gasteiger partial charge in [-0.3, -0.25) is 0 Å². The first kappa shape index (κ1) is 12.9. The SMILES string of the molecule is Cc1[c-]ccc(C)c1.[Cl-].[Mg+2]. The molecule has 0 aliphatic heterocycles. The Bertz CT molecular complexity index is 169. The van der Waals surface area contributed by atoms with Crippen molar-refractivity contribution in [3.05, 3.63) is 35.4 Å². The van der Waals surface area contributed by atoms with Crippen LogP contribution in [0.3, 0.4) is 0 Å². The van der Waals surface area contributed by atoms with Gasteiger partial charge in [0.25, 0.3) is 0 Å². The van der Waals surface area contributed by atoms with Crippen molar-refractivity contribution in [3.8, 4) is 0 Å². The van der Waals surface area contributed by atoms with Gasteiger partial charge in [0, 0.05) is 0 Å². The minimum atomic E-state index is 0. The maximum Gasteiger partial charge on any atom is 2.00 e. The minimum absolute atomic E-state index is 0. The number of benzene rings is 1. The van der Waals surface area contributed by atoms with Gasteiger partial charge in [-0.1, -0.05) is 13.8 Å². The molecule has 0 unspecified atom stereocenters. The quantitative estimate of drug-likeness (QED) is 0.332. The van der Waals surface area contributed by atoms with Gasteiger partial charge in [-0.15, -0.1) is 0 Å². The number of aryl methyl sites for hydroxylation is 2. The van der Waals surface area contributed by atoms with Crippen LogP contribution in [0.4, 0.5) is 0 Å². The van der Waals surface area contributed by atoms with Crippen LogP contribution in [0.5, 0.6) is 0 Å². The summed E-state index contributed by atoms with van der Waals surface area (Å²) >= 11 is 0. The third-order valence-electron chi connectivity index (χ3n) is 1.10. The van der Waals surface area contributed by atoms with Crippen LogP contribution in [0.1, 0.15) is 11.1 Å². The Labute approximate surface area is 84.6 Å². The fourth-order valence-electron chi connectivity index (χ4n) is 0.736. The van der Waals surface area contributed by atoms with Crippen molar-refractivity contribution in [2.45, 2.75) is 13.8 Å². The summed E-state index contributed by atoms with van der Waals surface area (Å²) in [6, 6.07) is 9.18. The largest absolute Gasteiger partial charge is 2.00 e. The molecule has 0 atom stereocenters.